The third-order valence-electron chi connectivity index (χ3n) is 5.73. The van der Waals surface area contributed by atoms with Gasteiger partial charge >= 0.3 is 0 Å². The fourth-order valence-corrected chi connectivity index (χ4v) is 4.69. The Bertz CT molecular complexity index is 1230. The third-order valence-corrected chi connectivity index (χ3v) is 6.45. The van der Waals surface area contributed by atoms with Gasteiger partial charge in [-0.3, -0.25) is 4.79 Å². The number of rotatable bonds is 4. The molecule has 3 aliphatic rings. The minimum atomic E-state index is -0.632. The third kappa shape index (κ3) is 4.14. The Morgan fingerprint density at radius 1 is 1.25 bits per heavy atom. The smallest absolute Gasteiger partial charge is 0.254 e. The highest BCUT2D eigenvalue weighted by molar-refractivity contribution is 6.36. The second-order valence-electron chi connectivity index (χ2n) is 8.01. The first kappa shape index (κ1) is 21.1. The van der Waals surface area contributed by atoms with Crippen molar-refractivity contribution in [2.75, 3.05) is 11.9 Å². The van der Waals surface area contributed by atoms with Crippen LogP contribution in [0, 0.1) is 5.82 Å². The Kier molecular flexibility index (Phi) is 5.69. The van der Waals surface area contributed by atoms with Crippen LogP contribution >= 0.6 is 23.2 Å². The van der Waals surface area contributed by atoms with Crippen molar-refractivity contribution >= 4 is 46.1 Å². The molecule has 0 saturated heterocycles. The highest BCUT2D eigenvalue weighted by Gasteiger charge is 2.25. The SMILES string of the molecule is O=C(NC1COC2=C(C=CCC2)C1)c1cc2nc(NC3=C(Cl)CCC=C3Cl)[nH]c2cc1F. The molecule has 1 atom stereocenters. The second-order valence-corrected chi connectivity index (χ2v) is 8.87. The predicted octanol–water partition coefficient (Wildman–Crippen LogP) is 5.60. The predicted molar refractivity (Wildman–Crippen MR) is 123 cm³/mol. The van der Waals surface area contributed by atoms with E-state index in [0.717, 1.165) is 30.6 Å². The number of halogens is 3. The maximum Gasteiger partial charge on any atom is 0.254 e. The molecular formula is C23H21Cl2FN4O2. The standard InChI is InChI=1S/C23H21Cl2FN4O2/c24-15-5-3-6-16(25)21(15)30-23-28-18-9-14(17(26)10-19(18)29-23)22(31)27-13-8-12-4-1-2-7-20(12)32-11-13/h1,4-5,9-10,13H,2-3,6-8,11H2,(H,27,31)(H2,28,29,30). The lowest BCUT2D eigenvalue weighted by atomic mass is 9.96. The lowest BCUT2D eigenvalue weighted by Gasteiger charge is -2.29. The van der Waals surface area contributed by atoms with E-state index in [1.165, 1.54) is 12.1 Å². The number of fused-ring (bicyclic) bond motifs is 1. The Morgan fingerprint density at radius 2 is 2.12 bits per heavy atom. The number of nitrogens with one attached hydrogen (secondary N) is 3. The van der Waals surface area contributed by atoms with Crippen molar-refractivity contribution in [1.82, 2.24) is 15.3 Å². The summed E-state index contributed by atoms with van der Waals surface area (Å²) < 4.78 is 20.5. The summed E-state index contributed by atoms with van der Waals surface area (Å²) in [6, 6.07) is 2.48. The lowest BCUT2D eigenvalue weighted by Crippen LogP contribution is -2.40. The average molecular weight is 475 g/mol. The van der Waals surface area contributed by atoms with Crippen LogP contribution < -0.4 is 10.6 Å². The second kappa shape index (κ2) is 8.64. The Balaban J connectivity index is 1.34. The number of benzene rings is 1. The van der Waals surface area contributed by atoms with Crippen LogP contribution in [-0.2, 0) is 4.74 Å². The maximum atomic E-state index is 14.7. The van der Waals surface area contributed by atoms with Crippen molar-refractivity contribution in [1.29, 1.82) is 0 Å². The number of imidazole rings is 1. The number of carbonyl (C=O) groups is 1. The molecular weight excluding hydrogens is 454 g/mol. The Morgan fingerprint density at radius 3 is 2.97 bits per heavy atom. The van der Waals surface area contributed by atoms with Crippen molar-refractivity contribution in [3.63, 3.8) is 0 Å². The number of nitrogens with zero attached hydrogens (tertiary/aromatic N) is 1. The molecule has 1 aromatic carbocycles. The van der Waals surface area contributed by atoms with Gasteiger partial charge in [-0.15, -0.1) is 0 Å². The summed E-state index contributed by atoms with van der Waals surface area (Å²) in [4.78, 5) is 20.2. The van der Waals surface area contributed by atoms with Crippen LogP contribution in [0.2, 0.25) is 0 Å². The number of ether oxygens (including phenoxy) is 1. The summed E-state index contributed by atoms with van der Waals surface area (Å²) in [7, 11) is 0. The Labute approximate surface area is 194 Å². The van der Waals surface area contributed by atoms with E-state index in [4.69, 9.17) is 27.9 Å². The van der Waals surface area contributed by atoms with E-state index >= 15 is 0 Å². The number of hydrogen-bond donors (Lipinski definition) is 3. The van der Waals surface area contributed by atoms with Crippen molar-refractivity contribution in [2.45, 2.75) is 38.1 Å². The normalized spacial score (nSPS) is 20.7. The van der Waals surface area contributed by atoms with Gasteiger partial charge < -0.3 is 20.4 Å². The summed E-state index contributed by atoms with van der Waals surface area (Å²) in [5, 5.41) is 7.05. The molecule has 0 bridgehead atoms. The zero-order valence-electron chi connectivity index (χ0n) is 17.1. The summed E-state index contributed by atoms with van der Waals surface area (Å²) >= 11 is 12.5. The van der Waals surface area contributed by atoms with Gasteiger partial charge in [-0.1, -0.05) is 41.4 Å². The monoisotopic (exact) mass is 474 g/mol. The lowest BCUT2D eigenvalue weighted by molar-refractivity contribution is 0.0876. The first-order valence-electron chi connectivity index (χ1n) is 10.5. The molecule has 3 N–H and O–H groups in total. The van der Waals surface area contributed by atoms with Gasteiger partial charge in [0.1, 0.15) is 12.4 Å². The molecule has 2 heterocycles. The molecule has 1 unspecified atom stereocenters. The van der Waals surface area contributed by atoms with Gasteiger partial charge in [-0.2, -0.15) is 0 Å². The van der Waals surface area contributed by atoms with E-state index in [2.05, 4.69) is 26.7 Å². The molecule has 166 valence electrons. The van der Waals surface area contributed by atoms with Crippen LogP contribution in [0.25, 0.3) is 11.0 Å². The van der Waals surface area contributed by atoms with E-state index in [-0.39, 0.29) is 11.6 Å². The van der Waals surface area contributed by atoms with E-state index in [1.54, 1.807) is 0 Å². The minimum absolute atomic E-state index is 0.0673. The number of aromatic amines is 1. The molecule has 9 heteroatoms. The van der Waals surface area contributed by atoms with Gasteiger partial charge in [-0.25, -0.2) is 9.37 Å². The maximum absolute atomic E-state index is 14.7. The van der Waals surface area contributed by atoms with Crippen LogP contribution in [0.5, 0.6) is 0 Å². The summed E-state index contributed by atoms with van der Waals surface area (Å²) in [5.41, 5.74) is 2.50. The van der Waals surface area contributed by atoms with Gasteiger partial charge in [-0.05, 0) is 37.3 Å². The van der Waals surface area contributed by atoms with Crippen molar-refractivity contribution in [2.24, 2.45) is 0 Å². The summed E-state index contributed by atoms with van der Waals surface area (Å²) in [6.45, 7) is 0.378. The number of amides is 1. The molecule has 1 aliphatic heterocycles. The van der Waals surface area contributed by atoms with Gasteiger partial charge in [0.2, 0.25) is 5.95 Å². The van der Waals surface area contributed by atoms with E-state index in [9.17, 15) is 9.18 Å². The quantitative estimate of drug-likeness (QED) is 0.538. The van der Waals surface area contributed by atoms with E-state index in [0.29, 0.717) is 52.2 Å². The molecule has 32 heavy (non-hydrogen) atoms. The number of hydrogen-bond acceptors (Lipinski definition) is 4. The molecule has 0 spiro atoms. The van der Waals surface area contributed by atoms with Crippen LogP contribution in [0.3, 0.4) is 0 Å². The average Bonchev–Trinajstić information content (AvgIpc) is 3.17. The van der Waals surface area contributed by atoms with Crippen LogP contribution in [0.1, 0.15) is 42.5 Å². The highest BCUT2D eigenvalue weighted by atomic mass is 35.5. The van der Waals surface area contributed by atoms with Gasteiger partial charge in [0.05, 0.1) is 39.1 Å². The van der Waals surface area contributed by atoms with Crippen LogP contribution in [-0.4, -0.2) is 28.5 Å². The minimum Gasteiger partial charge on any atom is -0.495 e. The first-order chi connectivity index (χ1) is 15.5. The van der Waals surface area contributed by atoms with Crippen molar-refractivity contribution < 1.29 is 13.9 Å². The molecule has 2 aromatic rings. The summed E-state index contributed by atoms with van der Waals surface area (Å²) in [6.07, 6.45) is 9.98. The number of allylic oxidation sites excluding steroid dienone is 6. The summed E-state index contributed by atoms with van der Waals surface area (Å²) in [5.74, 6) is 0.226. The fraction of sp³-hybridized carbons (Fsp3) is 0.304. The molecule has 0 saturated carbocycles. The highest BCUT2D eigenvalue weighted by Crippen LogP contribution is 2.31. The number of H-pyrrole nitrogens is 1. The van der Waals surface area contributed by atoms with Gasteiger partial charge in [0.15, 0.2) is 0 Å². The van der Waals surface area contributed by atoms with Crippen LogP contribution in [0.15, 0.2) is 57.5 Å². The molecule has 5 rings (SSSR count). The largest absolute Gasteiger partial charge is 0.495 e. The number of carbonyl (C=O) groups excluding carboxylic acids is 1. The molecule has 1 aromatic heterocycles. The fourth-order valence-electron chi connectivity index (χ4n) is 4.11. The van der Waals surface area contributed by atoms with Gasteiger partial charge in [0.25, 0.3) is 5.91 Å². The topological polar surface area (TPSA) is 79.0 Å². The zero-order valence-corrected chi connectivity index (χ0v) is 18.6. The number of anilines is 1. The van der Waals surface area contributed by atoms with Gasteiger partial charge in [0, 0.05) is 17.5 Å². The molecule has 6 nitrogen and oxygen atoms in total. The molecule has 1 amide bonds. The molecule has 0 radical (unpaired) electrons. The molecule has 0 fully saturated rings. The van der Waals surface area contributed by atoms with E-state index in [1.807, 2.05) is 12.2 Å². The Hall–Kier alpha value is -2.77. The number of aromatic nitrogens is 2. The van der Waals surface area contributed by atoms with E-state index < -0.39 is 11.7 Å². The van der Waals surface area contributed by atoms with Crippen LogP contribution in [0.4, 0.5) is 10.3 Å². The molecule has 2 aliphatic carbocycles. The zero-order chi connectivity index (χ0) is 22.2. The first-order valence-corrected chi connectivity index (χ1v) is 11.3. The van der Waals surface area contributed by atoms with Crippen molar-refractivity contribution in [3.8, 4) is 0 Å². The van der Waals surface area contributed by atoms with Crippen molar-refractivity contribution in [3.05, 3.63) is 68.8 Å².